The fourth-order valence-corrected chi connectivity index (χ4v) is 5.10. The van der Waals surface area contributed by atoms with Crippen LogP contribution < -0.4 is 0 Å². The Hall–Kier alpha value is -2.10. The molecule has 1 aromatic heterocycles. The highest BCUT2D eigenvalue weighted by Gasteiger charge is 2.53. The molecule has 0 spiro atoms. The Labute approximate surface area is 168 Å². The third-order valence-corrected chi connectivity index (χ3v) is 7.38. The molecule has 3 aliphatic rings. The van der Waals surface area contributed by atoms with Gasteiger partial charge < -0.3 is 9.47 Å². The van der Waals surface area contributed by atoms with Gasteiger partial charge >= 0.3 is 0 Å². The van der Waals surface area contributed by atoms with E-state index in [1.807, 2.05) is 12.3 Å². The van der Waals surface area contributed by atoms with E-state index in [1.165, 1.54) is 36.3 Å². The molecule has 0 N–H and O–H groups in total. The minimum Gasteiger partial charge on any atom is -0.342 e. The predicted molar refractivity (Wildman–Crippen MR) is 110 cm³/mol. The highest BCUT2D eigenvalue weighted by atomic mass is 16.2. The lowest BCUT2D eigenvalue weighted by molar-refractivity contribution is -0.135. The van der Waals surface area contributed by atoms with Crippen LogP contribution >= 0.6 is 0 Å². The van der Waals surface area contributed by atoms with Crippen molar-refractivity contribution in [3.05, 3.63) is 53.6 Å². The molecule has 2 aromatic rings. The first-order valence-electron chi connectivity index (χ1n) is 11.0. The van der Waals surface area contributed by atoms with Crippen LogP contribution in [0.2, 0.25) is 0 Å². The molecule has 1 aromatic carbocycles. The van der Waals surface area contributed by atoms with Crippen LogP contribution in [0.5, 0.6) is 0 Å². The second-order valence-corrected chi connectivity index (χ2v) is 9.18. The van der Waals surface area contributed by atoms with Gasteiger partial charge in [0, 0.05) is 37.4 Å². The molecular weight excluding hydrogens is 346 g/mol. The SMILES string of the molecule is Cc1cnc(C2CCC2)n1CC1CCN(C(=O)C2(c3ccccc3)CC2)CC1. The first kappa shape index (κ1) is 18.0. The summed E-state index contributed by atoms with van der Waals surface area (Å²) in [7, 11) is 0. The van der Waals surface area contributed by atoms with Gasteiger partial charge in [-0.2, -0.15) is 0 Å². The summed E-state index contributed by atoms with van der Waals surface area (Å²) in [5.41, 5.74) is 2.29. The number of nitrogens with zero attached hydrogens (tertiary/aromatic N) is 3. The van der Waals surface area contributed by atoms with Crippen molar-refractivity contribution in [3.63, 3.8) is 0 Å². The number of hydrogen-bond donors (Lipinski definition) is 0. The molecular formula is C24H31N3O. The second-order valence-electron chi connectivity index (χ2n) is 9.18. The molecule has 0 bridgehead atoms. The molecule has 5 rings (SSSR count). The molecule has 1 aliphatic heterocycles. The molecule has 0 radical (unpaired) electrons. The zero-order chi connectivity index (χ0) is 19.1. The zero-order valence-electron chi connectivity index (χ0n) is 16.9. The Morgan fingerprint density at radius 2 is 1.82 bits per heavy atom. The summed E-state index contributed by atoms with van der Waals surface area (Å²) in [6.45, 7) is 5.07. The fourth-order valence-electron chi connectivity index (χ4n) is 5.10. The quantitative estimate of drug-likeness (QED) is 0.773. The number of likely N-dealkylation sites (tertiary alicyclic amines) is 1. The largest absolute Gasteiger partial charge is 0.342 e. The maximum atomic E-state index is 13.3. The summed E-state index contributed by atoms with van der Waals surface area (Å²) in [6.07, 6.45) is 10.2. The summed E-state index contributed by atoms with van der Waals surface area (Å²) < 4.78 is 2.47. The number of rotatable bonds is 5. The first-order chi connectivity index (χ1) is 13.7. The molecule has 0 atom stereocenters. The summed E-state index contributed by atoms with van der Waals surface area (Å²) in [6, 6.07) is 10.4. The average molecular weight is 378 g/mol. The van der Waals surface area contributed by atoms with E-state index in [0.29, 0.717) is 17.7 Å². The summed E-state index contributed by atoms with van der Waals surface area (Å²) in [4.78, 5) is 20.1. The van der Waals surface area contributed by atoms with Gasteiger partial charge in [-0.3, -0.25) is 4.79 Å². The zero-order valence-corrected chi connectivity index (χ0v) is 16.9. The molecule has 1 amide bonds. The van der Waals surface area contributed by atoms with Crippen LogP contribution in [0.25, 0.3) is 0 Å². The molecule has 2 saturated carbocycles. The van der Waals surface area contributed by atoms with Crippen molar-refractivity contribution in [1.29, 1.82) is 0 Å². The predicted octanol–water partition coefficient (Wildman–Crippen LogP) is 4.43. The minimum absolute atomic E-state index is 0.216. The lowest BCUT2D eigenvalue weighted by atomic mass is 9.84. The Morgan fingerprint density at radius 1 is 1.11 bits per heavy atom. The number of piperidine rings is 1. The molecule has 4 heteroatoms. The van der Waals surface area contributed by atoms with Gasteiger partial charge in [0.05, 0.1) is 5.41 Å². The Balaban J connectivity index is 1.22. The van der Waals surface area contributed by atoms with E-state index in [-0.39, 0.29) is 5.41 Å². The maximum Gasteiger partial charge on any atom is 0.233 e. The Bertz CT molecular complexity index is 840. The van der Waals surface area contributed by atoms with Gasteiger partial charge in [0.2, 0.25) is 5.91 Å². The van der Waals surface area contributed by atoms with Crippen molar-refractivity contribution in [2.24, 2.45) is 5.92 Å². The van der Waals surface area contributed by atoms with Crippen LogP contribution in [-0.4, -0.2) is 33.4 Å². The van der Waals surface area contributed by atoms with E-state index in [1.54, 1.807) is 0 Å². The van der Waals surface area contributed by atoms with E-state index in [4.69, 9.17) is 4.98 Å². The Morgan fingerprint density at radius 3 is 2.43 bits per heavy atom. The smallest absolute Gasteiger partial charge is 0.233 e. The monoisotopic (exact) mass is 377 g/mol. The van der Waals surface area contributed by atoms with Crippen molar-refractivity contribution in [2.75, 3.05) is 13.1 Å². The first-order valence-corrected chi connectivity index (χ1v) is 11.0. The summed E-state index contributed by atoms with van der Waals surface area (Å²) in [5.74, 6) is 3.01. The minimum atomic E-state index is -0.216. The van der Waals surface area contributed by atoms with Gasteiger partial charge in [-0.15, -0.1) is 0 Å². The molecule has 1 saturated heterocycles. The normalized spacial score (nSPS) is 22.1. The van der Waals surface area contributed by atoms with Gasteiger partial charge in [0.1, 0.15) is 5.82 Å². The second kappa shape index (κ2) is 7.06. The standard InChI is InChI=1S/C24H31N3O/c1-18-16-25-22(20-6-5-7-20)27(18)17-19-10-14-26(15-11-19)23(28)24(12-13-24)21-8-3-2-4-9-21/h2-4,8-9,16,19-20H,5-7,10-15,17H2,1H3. The van der Waals surface area contributed by atoms with Crippen LogP contribution in [0.15, 0.2) is 36.5 Å². The van der Waals surface area contributed by atoms with E-state index in [0.717, 1.165) is 45.3 Å². The van der Waals surface area contributed by atoms with Gasteiger partial charge in [-0.1, -0.05) is 36.8 Å². The molecule has 4 nitrogen and oxygen atoms in total. The number of aromatic nitrogens is 2. The number of carbonyl (C=O) groups is 1. The lowest BCUT2D eigenvalue weighted by Crippen LogP contribution is -2.44. The van der Waals surface area contributed by atoms with Gasteiger partial charge in [0.25, 0.3) is 0 Å². The molecule has 2 heterocycles. The molecule has 3 fully saturated rings. The number of amides is 1. The van der Waals surface area contributed by atoms with Gasteiger partial charge in [-0.25, -0.2) is 4.98 Å². The summed E-state index contributed by atoms with van der Waals surface area (Å²) in [5, 5.41) is 0. The van der Waals surface area contributed by atoms with Crippen molar-refractivity contribution in [1.82, 2.24) is 14.5 Å². The molecule has 28 heavy (non-hydrogen) atoms. The molecule has 0 unspecified atom stereocenters. The third-order valence-electron chi connectivity index (χ3n) is 7.38. The van der Waals surface area contributed by atoms with Crippen molar-refractivity contribution < 1.29 is 4.79 Å². The van der Waals surface area contributed by atoms with Crippen LogP contribution in [-0.2, 0) is 16.8 Å². The highest BCUT2D eigenvalue weighted by molar-refractivity contribution is 5.91. The summed E-state index contributed by atoms with van der Waals surface area (Å²) >= 11 is 0. The number of aryl methyl sites for hydroxylation is 1. The van der Waals surface area contributed by atoms with Gasteiger partial charge in [-0.05, 0) is 56.9 Å². The maximum absolute atomic E-state index is 13.3. The van der Waals surface area contributed by atoms with Crippen molar-refractivity contribution in [2.45, 2.75) is 69.7 Å². The topological polar surface area (TPSA) is 38.1 Å². The molecule has 148 valence electrons. The number of imidazole rings is 1. The van der Waals surface area contributed by atoms with Crippen LogP contribution in [0.1, 0.15) is 67.9 Å². The van der Waals surface area contributed by atoms with Gasteiger partial charge in [0.15, 0.2) is 0 Å². The van der Waals surface area contributed by atoms with Crippen LogP contribution in [0, 0.1) is 12.8 Å². The highest BCUT2D eigenvalue weighted by Crippen LogP contribution is 2.50. The molecule has 2 aliphatic carbocycles. The van der Waals surface area contributed by atoms with Crippen molar-refractivity contribution in [3.8, 4) is 0 Å². The van der Waals surface area contributed by atoms with Crippen LogP contribution in [0.3, 0.4) is 0 Å². The van der Waals surface area contributed by atoms with E-state index >= 15 is 0 Å². The van der Waals surface area contributed by atoms with E-state index in [2.05, 4.69) is 40.7 Å². The number of carbonyl (C=O) groups excluding carboxylic acids is 1. The number of benzene rings is 1. The van der Waals surface area contributed by atoms with Crippen LogP contribution in [0.4, 0.5) is 0 Å². The Kier molecular flexibility index (Phi) is 4.53. The van der Waals surface area contributed by atoms with E-state index < -0.39 is 0 Å². The number of hydrogen-bond acceptors (Lipinski definition) is 2. The lowest BCUT2D eigenvalue weighted by Gasteiger charge is -2.35. The fraction of sp³-hybridized carbons (Fsp3) is 0.583. The third kappa shape index (κ3) is 3.07. The average Bonchev–Trinajstić information content (AvgIpc) is 3.44. The van der Waals surface area contributed by atoms with E-state index in [9.17, 15) is 4.79 Å². The van der Waals surface area contributed by atoms with Crippen molar-refractivity contribution >= 4 is 5.91 Å².